The maximum atomic E-state index is 5.85. The van der Waals surface area contributed by atoms with Crippen LogP contribution in [0.3, 0.4) is 0 Å². The highest BCUT2D eigenvalue weighted by Gasteiger charge is 2.15. The summed E-state index contributed by atoms with van der Waals surface area (Å²) in [5.74, 6) is 1.70. The molecule has 25 heavy (non-hydrogen) atoms. The lowest BCUT2D eigenvalue weighted by Crippen LogP contribution is -2.20. The average Bonchev–Trinajstić information content (AvgIpc) is 3.23. The first-order valence-electron chi connectivity index (χ1n) is 8.74. The molecule has 0 radical (unpaired) electrons. The minimum atomic E-state index is 0.576. The van der Waals surface area contributed by atoms with Gasteiger partial charge in [-0.15, -0.1) is 0 Å². The molecule has 1 aromatic heterocycles. The monoisotopic (exact) mass is 331 g/mol. The minimum Gasteiger partial charge on any atom is -0.489 e. The van der Waals surface area contributed by atoms with E-state index in [9.17, 15) is 0 Å². The largest absolute Gasteiger partial charge is 0.489 e. The van der Waals surface area contributed by atoms with Gasteiger partial charge in [0.15, 0.2) is 0 Å². The van der Waals surface area contributed by atoms with E-state index in [2.05, 4.69) is 34.1 Å². The molecule has 0 bridgehead atoms. The molecule has 4 heteroatoms. The van der Waals surface area contributed by atoms with Gasteiger partial charge in [-0.3, -0.25) is 0 Å². The van der Waals surface area contributed by atoms with Crippen LogP contribution in [0, 0.1) is 0 Å². The molecule has 0 N–H and O–H groups in total. The molecule has 1 fully saturated rings. The first kappa shape index (κ1) is 15.6. The van der Waals surface area contributed by atoms with Gasteiger partial charge in [-0.2, -0.15) is 0 Å². The SMILES string of the molecule is c1ccc(COc2ccc(-c3ccnc(N4CCCC4)n3)cc2)cc1. The molecular formula is C21H21N3O. The predicted molar refractivity (Wildman–Crippen MR) is 99.7 cm³/mol. The van der Waals surface area contributed by atoms with Crippen LogP contribution < -0.4 is 9.64 Å². The molecule has 4 rings (SSSR count). The van der Waals surface area contributed by atoms with Crippen molar-refractivity contribution in [3.05, 3.63) is 72.4 Å². The van der Waals surface area contributed by atoms with Crippen molar-refractivity contribution in [2.24, 2.45) is 0 Å². The molecule has 1 aliphatic rings. The zero-order valence-corrected chi connectivity index (χ0v) is 14.1. The molecule has 1 aliphatic heterocycles. The lowest BCUT2D eigenvalue weighted by atomic mass is 10.1. The number of benzene rings is 2. The minimum absolute atomic E-state index is 0.576. The van der Waals surface area contributed by atoms with Gasteiger partial charge < -0.3 is 9.64 Å². The van der Waals surface area contributed by atoms with E-state index >= 15 is 0 Å². The summed E-state index contributed by atoms with van der Waals surface area (Å²) in [6, 6.07) is 20.2. The van der Waals surface area contributed by atoms with Crippen LogP contribution in [0.5, 0.6) is 5.75 Å². The topological polar surface area (TPSA) is 38.2 Å². The highest BCUT2D eigenvalue weighted by molar-refractivity contribution is 5.61. The van der Waals surface area contributed by atoms with Gasteiger partial charge in [0.25, 0.3) is 0 Å². The molecule has 4 nitrogen and oxygen atoms in total. The molecule has 0 saturated carbocycles. The number of hydrogen-bond donors (Lipinski definition) is 0. The van der Waals surface area contributed by atoms with Gasteiger partial charge in [0.05, 0.1) is 5.69 Å². The molecular weight excluding hydrogens is 310 g/mol. The van der Waals surface area contributed by atoms with E-state index in [-0.39, 0.29) is 0 Å². The third kappa shape index (κ3) is 3.79. The Balaban J connectivity index is 1.45. The average molecular weight is 331 g/mol. The third-order valence-corrected chi connectivity index (χ3v) is 4.43. The van der Waals surface area contributed by atoms with Crippen LogP contribution in [0.2, 0.25) is 0 Å². The highest BCUT2D eigenvalue weighted by atomic mass is 16.5. The predicted octanol–water partition coefficient (Wildman–Crippen LogP) is 4.32. The molecule has 3 aromatic rings. The van der Waals surface area contributed by atoms with E-state index < -0.39 is 0 Å². The van der Waals surface area contributed by atoms with Gasteiger partial charge in [0.1, 0.15) is 12.4 Å². The lowest BCUT2D eigenvalue weighted by molar-refractivity contribution is 0.306. The van der Waals surface area contributed by atoms with Crippen molar-refractivity contribution in [2.45, 2.75) is 19.4 Å². The summed E-state index contributed by atoms with van der Waals surface area (Å²) < 4.78 is 5.85. The van der Waals surface area contributed by atoms with Crippen LogP contribution >= 0.6 is 0 Å². The molecule has 2 aromatic carbocycles. The first-order chi connectivity index (χ1) is 12.4. The second-order valence-corrected chi connectivity index (χ2v) is 6.23. The summed E-state index contributed by atoms with van der Waals surface area (Å²) in [6.07, 6.45) is 4.29. The maximum absolute atomic E-state index is 5.85. The van der Waals surface area contributed by atoms with Gasteiger partial charge in [0, 0.05) is 24.8 Å². The zero-order chi connectivity index (χ0) is 16.9. The number of aromatic nitrogens is 2. The summed E-state index contributed by atoms with van der Waals surface area (Å²) in [6.45, 7) is 2.68. The van der Waals surface area contributed by atoms with Crippen molar-refractivity contribution in [2.75, 3.05) is 18.0 Å². The Labute approximate surface area is 148 Å². The van der Waals surface area contributed by atoms with Crippen LogP contribution in [0.1, 0.15) is 18.4 Å². The quantitative estimate of drug-likeness (QED) is 0.698. The lowest BCUT2D eigenvalue weighted by Gasteiger charge is -2.15. The molecule has 0 atom stereocenters. The van der Waals surface area contributed by atoms with Crippen molar-refractivity contribution >= 4 is 5.95 Å². The number of rotatable bonds is 5. The first-order valence-corrected chi connectivity index (χ1v) is 8.74. The zero-order valence-electron chi connectivity index (χ0n) is 14.1. The summed E-state index contributed by atoms with van der Waals surface area (Å²) >= 11 is 0. The number of ether oxygens (including phenoxy) is 1. The molecule has 0 aliphatic carbocycles. The van der Waals surface area contributed by atoms with Gasteiger partial charge in [-0.05, 0) is 48.7 Å². The summed E-state index contributed by atoms with van der Waals surface area (Å²) in [5.41, 5.74) is 3.19. The fraction of sp³-hybridized carbons (Fsp3) is 0.238. The van der Waals surface area contributed by atoms with Crippen LogP contribution in [-0.4, -0.2) is 23.1 Å². The Morgan fingerprint density at radius 2 is 1.64 bits per heavy atom. The Morgan fingerprint density at radius 1 is 0.880 bits per heavy atom. The second-order valence-electron chi connectivity index (χ2n) is 6.23. The Hall–Kier alpha value is -2.88. The number of hydrogen-bond acceptors (Lipinski definition) is 4. The van der Waals surface area contributed by atoms with Crippen LogP contribution in [0.25, 0.3) is 11.3 Å². The van der Waals surface area contributed by atoms with E-state index in [0.29, 0.717) is 6.61 Å². The summed E-state index contributed by atoms with van der Waals surface area (Å²) in [7, 11) is 0. The number of anilines is 1. The van der Waals surface area contributed by atoms with Crippen LogP contribution in [-0.2, 0) is 6.61 Å². The maximum Gasteiger partial charge on any atom is 0.225 e. The summed E-state index contributed by atoms with van der Waals surface area (Å²) in [4.78, 5) is 11.4. The fourth-order valence-electron chi connectivity index (χ4n) is 3.04. The molecule has 0 spiro atoms. The smallest absolute Gasteiger partial charge is 0.225 e. The van der Waals surface area contributed by atoms with E-state index in [1.54, 1.807) is 0 Å². The Morgan fingerprint density at radius 3 is 2.40 bits per heavy atom. The van der Waals surface area contributed by atoms with E-state index in [4.69, 9.17) is 9.72 Å². The molecule has 0 unspecified atom stereocenters. The third-order valence-electron chi connectivity index (χ3n) is 4.43. The van der Waals surface area contributed by atoms with Gasteiger partial charge >= 0.3 is 0 Å². The molecule has 0 amide bonds. The van der Waals surface area contributed by atoms with Crippen LogP contribution in [0.15, 0.2) is 66.9 Å². The van der Waals surface area contributed by atoms with Crippen molar-refractivity contribution in [3.63, 3.8) is 0 Å². The van der Waals surface area contributed by atoms with Crippen LogP contribution in [0.4, 0.5) is 5.95 Å². The molecule has 2 heterocycles. The summed E-state index contributed by atoms with van der Waals surface area (Å²) in [5, 5.41) is 0. The van der Waals surface area contributed by atoms with Crippen molar-refractivity contribution in [1.82, 2.24) is 9.97 Å². The van der Waals surface area contributed by atoms with E-state index in [1.807, 2.05) is 42.6 Å². The number of nitrogens with zero attached hydrogens (tertiary/aromatic N) is 3. The van der Waals surface area contributed by atoms with Crippen molar-refractivity contribution in [1.29, 1.82) is 0 Å². The van der Waals surface area contributed by atoms with Gasteiger partial charge in [-0.1, -0.05) is 30.3 Å². The van der Waals surface area contributed by atoms with Gasteiger partial charge in [0.2, 0.25) is 5.95 Å². The molecule has 1 saturated heterocycles. The highest BCUT2D eigenvalue weighted by Crippen LogP contribution is 2.23. The standard InChI is InChI=1S/C21H21N3O/c1-2-6-17(7-3-1)16-25-19-10-8-18(9-11-19)20-12-13-22-21(23-20)24-14-4-5-15-24/h1-3,6-13H,4-5,14-16H2. The Bertz CT molecular complexity index is 812. The fourth-order valence-corrected chi connectivity index (χ4v) is 3.04. The Kier molecular flexibility index (Phi) is 4.59. The van der Waals surface area contributed by atoms with Gasteiger partial charge in [-0.25, -0.2) is 9.97 Å². The molecule has 126 valence electrons. The van der Waals surface area contributed by atoms with E-state index in [0.717, 1.165) is 41.6 Å². The van der Waals surface area contributed by atoms with E-state index in [1.165, 1.54) is 12.8 Å². The normalized spacial score (nSPS) is 13.8. The second kappa shape index (κ2) is 7.34. The van der Waals surface area contributed by atoms with Crippen molar-refractivity contribution in [3.8, 4) is 17.0 Å². The van der Waals surface area contributed by atoms with Crippen molar-refractivity contribution < 1.29 is 4.74 Å².